The number of amidine groups is 1. The third-order valence-corrected chi connectivity index (χ3v) is 10.6. The highest BCUT2D eigenvalue weighted by molar-refractivity contribution is 5.83. The smallest absolute Gasteiger partial charge is 0.306 e. The molecular formula is C28H46N4O3. The van der Waals surface area contributed by atoms with Crippen molar-refractivity contribution in [3.8, 4) is 0 Å². The van der Waals surface area contributed by atoms with Gasteiger partial charge >= 0.3 is 5.97 Å². The molecule has 5 rings (SSSR count). The van der Waals surface area contributed by atoms with Gasteiger partial charge in [-0.1, -0.05) is 32.1 Å². The summed E-state index contributed by atoms with van der Waals surface area (Å²) in [6.07, 6.45) is 16.2. The summed E-state index contributed by atoms with van der Waals surface area (Å²) in [5.74, 6) is 2.58. The fourth-order valence-corrected chi connectivity index (χ4v) is 8.70. The van der Waals surface area contributed by atoms with Crippen LogP contribution in [0.3, 0.4) is 0 Å². The molecule has 196 valence electrons. The first-order valence-electron chi connectivity index (χ1n) is 14.5. The molecule has 0 aromatic rings. The van der Waals surface area contributed by atoms with Gasteiger partial charge in [0.2, 0.25) is 5.91 Å². The number of likely N-dealkylation sites (tertiary alicyclic amines) is 1. The van der Waals surface area contributed by atoms with Gasteiger partial charge in [-0.3, -0.25) is 19.9 Å². The Morgan fingerprint density at radius 2 is 1.57 bits per heavy atom. The number of aliphatic carboxylic acids is 1. The van der Waals surface area contributed by atoms with Crippen molar-refractivity contribution >= 4 is 17.7 Å². The second-order valence-corrected chi connectivity index (χ2v) is 12.5. The second-order valence-electron chi connectivity index (χ2n) is 12.5. The van der Waals surface area contributed by atoms with E-state index in [1.807, 2.05) is 0 Å². The lowest BCUT2D eigenvalue weighted by Gasteiger charge is -2.45. The van der Waals surface area contributed by atoms with E-state index in [4.69, 9.17) is 11.1 Å². The molecule has 4 aliphatic carbocycles. The number of carboxylic acid groups (broad SMARTS) is 1. The first kappa shape index (κ1) is 25.0. The van der Waals surface area contributed by atoms with Gasteiger partial charge < -0.3 is 16.2 Å². The molecule has 7 unspecified atom stereocenters. The first-order valence-corrected chi connectivity index (χ1v) is 14.5. The highest BCUT2D eigenvalue weighted by Crippen LogP contribution is 2.47. The monoisotopic (exact) mass is 486 g/mol. The van der Waals surface area contributed by atoms with E-state index in [2.05, 4.69) is 10.2 Å². The number of carboxylic acids is 1. The van der Waals surface area contributed by atoms with Gasteiger partial charge in [0.05, 0.1) is 17.8 Å². The summed E-state index contributed by atoms with van der Waals surface area (Å²) in [7, 11) is 0. The summed E-state index contributed by atoms with van der Waals surface area (Å²) in [5, 5.41) is 20.7. The van der Waals surface area contributed by atoms with E-state index in [-0.39, 0.29) is 29.8 Å². The van der Waals surface area contributed by atoms with Crippen LogP contribution in [0.25, 0.3) is 0 Å². The molecule has 5 N–H and O–H groups in total. The van der Waals surface area contributed by atoms with Crippen molar-refractivity contribution in [2.75, 3.05) is 6.54 Å². The van der Waals surface area contributed by atoms with Crippen LogP contribution in [0.15, 0.2) is 0 Å². The number of rotatable bonds is 6. The lowest BCUT2D eigenvalue weighted by molar-refractivity contribution is -0.142. The Balaban J connectivity index is 1.29. The molecule has 0 bridgehead atoms. The Kier molecular flexibility index (Phi) is 7.71. The zero-order valence-corrected chi connectivity index (χ0v) is 21.3. The van der Waals surface area contributed by atoms with Gasteiger partial charge in [-0.2, -0.15) is 0 Å². The van der Waals surface area contributed by atoms with E-state index < -0.39 is 5.97 Å². The molecule has 1 amide bonds. The highest BCUT2D eigenvalue weighted by Gasteiger charge is 2.49. The molecular weight excluding hydrogens is 440 g/mol. The quantitative estimate of drug-likeness (QED) is 0.332. The molecule has 35 heavy (non-hydrogen) atoms. The molecule has 0 radical (unpaired) electrons. The molecule has 0 aromatic heterocycles. The summed E-state index contributed by atoms with van der Waals surface area (Å²) in [5.41, 5.74) is 5.96. The lowest BCUT2D eigenvalue weighted by Crippen LogP contribution is -2.53. The number of nitrogens with zero attached hydrogens (tertiary/aromatic N) is 1. The number of carbonyl (C=O) groups is 2. The molecule has 1 aliphatic heterocycles. The van der Waals surface area contributed by atoms with Gasteiger partial charge in [0, 0.05) is 24.5 Å². The van der Waals surface area contributed by atoms with Crippen molar-refractivity contribution in [3.05, 3.63) is 0 Å². The van der Waals surface area contributed by atoms with E-state index in [1.165, 1.54) is 44.9 Å². The lowest BCUT2D eigenvalue weighted by atomic mass is 9.65. The average molecular weight is 487 g/mol. The summed E-state index contributed by atoms with van der Waals surface area (Å²) in [6, 6.07) is 0.377. The zero-order chi connectivity index (χ0) is 24.5. The van der Waals surface area contributed by atoms with E-state index in [0.29, 0.717) is 36.6 Å². The van der Waals surface area contributed by atoms with Crippen LogP contribution in [0.5, 0.6) is 0 Å². The predicted molar refractivity (Wildman–Crippen MR) is 136 cm³/mol. The predicted octanol–water partition coefficient (Wildman–Crippen LogP) is 4.15. The second kappa shape index (κ2) is 10.8. The van der Waals surface area contributed by atoms with Gasteiger partial charge in [0.1, 0.15) is 0 Å². The Hall–Kier alpha value is -1.63. The number of nitrogens with one attached hydrogen (secondary N) is 2. The molecule has 4 saturated carbocycles. The van der Waals surface area contributed by atoms with Crippen molar-refractivity contribution in [3.63, 3.8) is 0 Å². The number of hydrogen-bond donors (Lipinski definition) is 4. The topological polar surface area (TPSA) is 120 Å². The summed E-state index contributed by atoms with van der Waals surface area (Å²) >= 11 is 0. The maximum Gasteiger partial charge on any atom is 0.306 e. The average Bonchev–Trinajstić information content (AvgIpc) is 3.22. The van der Waals surface area contributed by atoms with Crippen molar-refractivity contribution in [2.24, 2.45) is 41.2 Å². The standard InChI is InChI=1S/C28H46N4O3/c29-26(30)20-9-8-19-14-25(27(33)31-22-12-10-18(11-13-22)28(34)35)32(24(19)15-20)16-21-6-3-5-17-4-1-2-7-23(17)21/h17-25H,1-16H2,(H3,29,30)(H,31,33)(H,34,35). The maximum absolute atomic E-state index is 13.7. The van der Waals surface area contributed by atoms with Crippen LogP contribution in [-0.2, 0) is 9.59 Å². The molecule has 5 aliphatic rings. The van der Waals surface area contributed by atoms with E-state index >= 15 is 0 Å². The number of nitrogens with two attached hydrogens (primary N) is 1. The normalized spacial score (nSPS) is 42.0. The molecule has 1 heterocycles. The third-order valence-electron chi connectivity index (χ3n) is 10.6. The summed E-state index contributed by atoms with van der Waals surface area (Å²) in [4.78, 5) is 27.6. The van der Waals surface area contributed by atoms with E-state index in [9.17, 15) is 14.7 Å². The number of hydrogen-bond acceptors (Lipinski definition) is 4. The SMILES string of the molecule is N=C(N)C1CCC2CC(C(=O)NC3CCC(C(=O)O)CC3)N(CC3CCCC4CCCCC43)C2C1. The number of carbonyl (C=O) groups excluding carboxylic acids is 1. The first-order chi connectivity index (χ1) is 16.9. The number of amides is 1. The van der Waals surface area contributed by atoms with Gasteiger partial charge in [-0.25, -0.2) is 0 Å². The minimum atomic E-state index is -0.700. The summed E-state index contributed by atoms with van der Waals surface area (Å²) in [6.45, 7) is 1.02. The fraction of sp³-hybridized carbons (Fsp3) is 0.893. The Labute approximate surface area is 210 Å². The van der Waals surface area contributed by atoms with Gasteiger partial charge in [-0.15, -0.1) is 0 Å². The maximum atomic E-state index is 13.7. The summed E-state index contributed by atoms with van der Waals surface area (Å²) < 4.78 is 0. The zero-order valence-electron chi connectivity index (χ0n) is 21.3. The molecule has 7 atom stereocenters. The van der Waals surface area contributed by atoms with Crippen LogP contribution >= 0.6 is 0 Å². The molecule has 5 fully saturated rings. The van der Waals surface area contributed by atoms with Crippen molar-refractivity contribution < 1.29 is 14.7 Å². The van der Waals surface area contributed by atoms with Crippen molar-refractivity contribution in [2.45, 2.75) is 114 Å². The van der Waals surface area contributed by atoms with Crippen LogP contribution in [0.2, 0.25) is 0 Å². The van der Waals surface area contributed by atoms with E-state index in [0.717, 1.165) is 56.9 Å². The molecule has 0 aromatic carbocycles. The number of fused-ring (bicyclic) bond motifs is 2. The molecule has 0 spiro atoms. The largest absolute Gasteiger partial charge is 0.481 e. The van der Waals surface area contributed by atoms with Crippen LogP contribution in [0.1, 0.15) is 96.3 Å². The third kappa shape index (κ3) is 5.40. The minimum Gasteiger partial charge on any atom is -0.481 e. The Morgan fingerprint density at radius 1 is 0.857 bits per heavy atom. The Bertz CT molecular complexity index is 793. The van der Waals surface area contributed by atoms with Crippen molar-refractivity contribution in [1.29, 1.82) is 5.41 Å². The molecule has 7 heteroatoms. The van der Waals surface area contributed by atoms with Gasteiger partial charge in [0.25, 0.3) is 0 Å². The van der Waals surface area contributed by atoms with Gasteiger partial charge in [0.15, 0.2) is 0 Å². The highest BCUT2D eigenvalue weighted by atomic mass is 16.4. The fourth-order valence-electron chi connectivity index (χ4n) is 8.70. The Morgan fingerprint density at radius 3 is 2.31 bits per heavy atom. The molecule has 1 saturated heterocycles. The molecule has 7 nitrogen and oxygen atoms in total. The van der Waals surface area contributed by atoms with Crippen LogP contribution < -0.4 is 11.1 Å². The van der Waals surface area contributed by atoms with E-state index in [1.54, 1.807) is 0 Å². The minimum absolute atomic E-state index is 0.0862. The van der Waals surface area contributed by atoms with Crippen LogP contribution in [0.4, 0.5) is 0 Å². The van der Waals surface area contributed by atoms with Gasteiger partial charge in [-0.05, 0) is 87.9 Å². The van der Waals surface area contributed by atoms with Crippen LogP contribution in [0, 0.1) is 40.9 Å². The van der Waals surface area contributed by atoms with Crippen LogP contribution in [-0.4, -0.2) is 52.4 Å². The van der Waals surface area contributed by atoms with Crippen molar-refractivity contribution in [1.82, 2.24) is 10.2 Å².